The van der Waals surface area contributed by atoms with Gasteiger partial charge in [-0.1, -0.05) is 37.3 Å². The molecule has 0 aliphatic heterocycles. The molecule has 1 unspecified atom stereocenters. The van der Waals surface area contributed by atoms with Gasteiger partial charge in [-0.25, -0.2) is 0 Å². The van der Waals surface area contributed by atoms with Crippen LogP contribution >= 0.6 is 0 Å². The Labute approximate surface area is 92.5 Å². The molecular formula is C14H18O. The summed E-state index contributed by atoms with van der Waals surface area (Å²) < 4.78 is 5.78. The van der Waals surface area contributed by atoms with Gasteiger partial charge in [0, 0.05) is 6.42 Å². The topological polar surface area (TPSA) is 9.23 Å². The fourth-order valence-electron chi connectivity index (χ4n) is 1.33. The Morgan fingerprint density at radius 2 is 2.00 bits per heavy atom. The molecule has 1 atom stereocenters. The minimum absolute atomic E-state index is 0.262. The van der Waals surface area contributed by atoms with Gasteiger partial charge in [-0.2, -0.15) is 0 Å². The van der Waals surface area contributed by atoms with Crippen LogP contribution in [0.15, 0.2) is 30.3 Å². The second kappa shape index (κ2) is 7.09. The molecule has 1 aromatic rings. The molecule has 0 aromatic heterocycles. The Bertz CT molecular complexity index is 318. The Morgan fingerprint density at radius 3 is 2.60 bits per heavy atom. The fourth-order valence-corrected chi connectivity index (χ4v) is 1.33. The highest BCUT2D eigenvalue weighted by atomic mass is 16.5. The summed E-state index contributed by atoms with van der Waals surface area (Å²) in [5.41, 5.74) is 1.22. The summed E-state index contributed by atoms with van der Waals surface area (Å²) in [5.74, 6) is 5.96. The van der Waals surface area contributed by atoms with Crippen molar-refractivity contribution in [3.8, 4) is 11.8 Å². The molecule has 0 saturated carbocycles. The summed E-state index contributed by atoms with van der Waals surface area (Å²) in [6, 6.07) is 10.2. The van der Waals surface area contributed by atoms with Gasteiger partial charge in [-0.05, 0) is 18.9 Å². The van der Waals surface area contributed by atoms with Crippen molar-refractivity contribution in [2.24, 2.45) is 0 Å². The van der Waals surface area contributed by atoms with Gasteiger partial charge < -0.3 is 4.74 Å². The highest BCUT2D eigenvalue weighted by molar-refractivity contribution is 5.13. The molecule has 0 bridgehead atoms. The van der Waals surface area contributed by atoms with Crippen LogP contribution in [0.3, 0.4) is 0 Å². The Hall–Kier alpha value is -1.26. The van der Waals surface area contributed by atoms with E-state index in [1.165, 1.54) is 5.56 Å². The van der Waals surface area contributed by atoms with Gasteiger partial charge in [0.25, 0.3) is 0 Å². The van der Waals surface area contributed by atoms with E-state index in [0.29, 0.717) is 6.61 Å². The molecule has 1 rings (SSSR count). The monoisotopic (exact) mass is 202 g/mol. The molecule has 0 radical (unpaired) electrons. The zero-order valence-electron chi connectivity index (χ0n) is 9.49. The van der Waals surface area contributed by atoms with Crippen molar-refractivity contribution in [3.05, 3.63) is 35.9 Å². The van der Waals surface area contributed by atoms with Crippen molar-refractivity contribution in [3.63, 3.8) is 0 Å². The smallest absolute Gasteiger partial charge is 0.0721 e. The molecule has 0 heterocycles. The van der Waals surface area contributed by atoms with Gasteiger partial charge in [0.15, 0.2) is 0 Å². The molecule has 1 heteroatoms. The van der Waals surface area contributed by atoms with E-state index in [9.17, 15) is 0 Å². The third-order valence-corrected chi connectivity index (χ3v) is 2.29. The number of hydrogen-bond donors (Lipinski definition) is 0. The van der Waals surface area contributed by atoms with Crippen LogP contribution in [0.4, 0.5) is 0 Å². The first-order valence-electron chi connectivity index (χ1n) is 5.42. The highest BCUT2D eigenvalue weighted by Crippen LogP contribution is 2.08. The Kier molecular flexibility index (Phi) is 5.58. The molecule has 0 amide bonds. The van der Waals surface area contributed by atoms with Crippen LogP contribution in [-0.4, -0.2) is 6.10 Å². The summed E-state index contributed by atoms with van der Waals surface area (Å²) in [6.45, 7) is 4.68. The quantitative estimate of drug-likeness (QED) is 0.665. The van der Waals surface area contributed by atoms with Crippen LogP contribution in [0.1, 0.15) is 32.3 Å². The lowest BCUT2D eigenvalue weighted by molar-refractivity contribution is 0.0416. The minimum atomic E-state index is 0.262. The van der Waals surface area contributed by atoms with Crippen molar-refractivity contribution in [1.29, 1.82) is 0 Å². The van der Waals surface area contributed by atoms with Crippen molar-refractivity contribution in [1.82, 2.24) is 0 Å². The standard InChI is InChI=1S/C14H18O/c1-3-5-11-14(4-2)15-12-13-9-7-6-8-10-13/h6-10,14H,4,11-12H2,1-2H3. The predicted molar refractivity (Wildman–Crippen MR) is 63.4 cm³/mol. The zero-order valence-corrected chi connectivity index (χ0v) is 9.49. The first-order valence-corrected chi connectivity index (χ1v) is 5.42. The van der Waals surface area contributed by atoms with E-state index < -0.39 is 0 Å². The fraction of sp³-hybridized carbons (Fsp3) is 0.429. The van der Waals surface area contributed by atoms with Crippen molar-refractivity contribution >= 4 is 0 Å². The first kappa shape index (κ1) is 11.8. The number of ether oxygens (including phenoxy) is 1. The highest BCUT2D eigenvalue weighted by Gasteiger charge is 2.04. The Balaban J connectivity index is 2.36. The second-order valence-corrected chi connectivity index (χ2v) is 3.46. The third kappa shape index (κ3) is 4.67. The summed E-state index contributed by atoms with van der Waals surface area (Å²) in [4.78, 5) is 0. The molecule has 0 saturated heterocycles. The third-order valence-electron chi connectivity index (χ3n) is 2.29. The lowest BCUT2D eigenvalue weighted by Gasteiger charge is -2.13. The van der Waals surface area contributed by atoms with Crippen molar-refractivity contribution < 1.29 is 4.74 Å². The average molecular weight is 202 g/mol. The van der Waals surface area contributed by atoms with Gasteiger partial charge in [0.05, 0.1) is 12.7 Å². The molecule has 80 valence electrons. The van der Waals surface area contributed by atoms with Crippen LogP contribution in [0, 0.1) is 11.8 Å². The number of benzene rings is 1. The normalized spacial score (nSPS) is 11.6. The summed E-state index contributed by atoms with van der Waals surface area (Å²) in [6.07, 6.45) is 2.11. The van der Waals surface area contributed by atoms with E-state index in [4.69, 9.17) is 4.74 Å². The van der Waals surface area contributed by atoms with E-state index in [1.54, 1.807) is 0 Å². The molecule has 0 fully saturated rings. The molecule has 15 heavy (non-hydrogen) atoms. The van der Waals surface area contributed by atoms with Crippen LogP contribution in [0.5, 0.6) is 0 Å². The van der Waals surface area contributed by atoms with Gasteiger partial charge in [0.1, 0.15) is 0 Å². The van der Waals surface area contributed by atoms with E-state index in [2.05, 4.69) is 30.9 Å². The number of hydrogen-bond acceptors (Lipinski definition) is 1. The van der Waals surface area contributed by atoms with E-state index in [-0.39, 0.29) is 6.10 Å². The van der Waals surface area contributed by atoms with Crippen molar-refractivity contribution in [2.75, 3.05) is 0 Å². The lowest BCUT2D eigenvalue weighted by Crippen LogP contribution is -2.10. The summed E-state index contributed by atoms with van der Waals surface area (Å²) >= 11 is 0. The number of rotatable bonds is 5. The Morgan fingerprint density at radius 1 is 1.27 bits per heavy atom. The molecule has 0 N–H and O–H groups in total. The maximum Gasteiger partial charge on any atom is 0.0721 e. The van der Waals surface area contributed by atoms with E-state index >= 15 is 0 Å². The molecule has 1 nitrogen and oxygen atoms in total. The largest absolute Gasteiger partial charge is 0.373 e. The van der Waals surface area contributed by atoms with Crippen LogP contribution < -0.4 is 0 Å². The SMILES string of the molecule is CC#CCC(CC)OCc1ccccc1. The summed E-state index contributed by atoms with van der Waals surface area (Å²) in [7, 11) is 0. The predicted octanol–water partition coefficient (Wildman–Crippen LogP) is 3.40. The maximum atomic E-state index is 5.78. The van der Waals surface area contributed by atoms with E-state index in [1.807, 2.05) is 25.1 Å². The molecule has 0 aliphatic rings. The van der Waals surface area contributed by atoms with Crippen LogP contribution in [0.2, 0.25) is 0 Å². The zero-order chi connectivity index (χ0) is 10.9. The average Bonchev–Trinajstić information content (AvgIpc) is 2.31. The van der Waals surface area contributed by atoms with E-state index in [0.717, 1.165) is 12.8 Å². The van der Waals surface area contributed by atoms with Gasteiger partial charge in [0.2, 0.25) is 0 Å². The maximum absolute atomic E-state index is 5.78. The first-order chi connectivity index (χ1) is 7.36. The molecule has 1 aromatic carbocycles. The lowest BCUT2D eigenvalue weighted by atomic mass is 10.2. The van der Waals surface area contributed by atoms with Crippen molar-refractivity contribution in [2.45, 2.75) is 39.4 Å². The van der Waals surface area contributed by atoms with Gasteiger partial charge >= 0.3 is 0 Å². The minimum Gasteiger partial charge on any atom is -0.373 e. The second-order valence-electron chi connectivity index (χ2n) is 3.46. The molecule has 0 aliphatic carbocycles. The van der Waals surface area contributed by atoms with Crippen LogP contribution in [0.25, 0.3) is 0 Å². The van der Waals surface area contributed by atoms with Crippen LogP contribution in [-0.2, 0) is 11.3 Å². The van der Waals surface area contributed by atoms with Gasteiger partial charge in [-0.15, -0.1) is 11.8 Å². The van der Waals surface area contributed by atoms with Gasteiger partial charge in [-0.3, -0.25) is 0 Å². The summed E-state index contributed by atoms with van der Waals surface area (Å²) in [5, 5.41) is 0. The molecule has 0 spiro atoms. The molecular weight excluding hydrogens is 184 g/mol.